The van der Waals surface area contributed by atoms with Crippen molar-refractivity contribution in [2.45, 2.75) is 64.3 Å². The molecule has 10 heteroatoms. The number of aryl methyl sites for hydroxylation is 1. The molecule has 0 unspecified atom stereocenters. The van der Waals surface area contributed by atoms with Gasteiger partial charge in [0.1, 0.15) is 11.6 Å². The molecular weight excluding hydrogens is 488 g/mol. The Balaban J connectivity index is 2.09. The molecule has 2 aromatic carbocycles. The van der Waals surface area contributed by atoms with Crippen molar-refractivity contribution in [2.24, 2.45) is 5.73 Å². The molecule has 0 aliphatic rings. The average Bonchev–Trinajstić information content (AvgIpc) is 2.81. The summed E-state index contributed by atoms with van der Waals surface area (Å²) in [6.45, 7) is 4.45. The van der Waals surface area contributed by atoms with Crippen molar-refractivity contribution in [3.8, 4) is 0 Å². The number of aliphatic hydroxyl groups excluding tert-OH is 1. The summed E-state index contributed by atoms with van der Waals surface area (Å²) in [6.07, 6.45) is 0.830. The summed E-state index contributed by atoms with van der Waals surface area (Å²) in [5.74, 6) is -2.91. The minimum Gasteiger partial charge on any atom is -0.390 e. The minimum atomic E-state index is -3.52. The quantitative estimate of drug-likeness (QED) is 0.283. The number of sulfone groups is 1. The molecule has 0 aliphatic carbocycles. The lowest BCUT2D eigenvalue weighted by Gasteiger charge is -2.26. The number of hydrogen-bond donors (Lipinski definition) is 4. The summed E-state index contributed by atoms with van der Waals surface area (Å²) < 4.78 is 51.9. The second-order valence-electron chi connectivity index (χ2n) is 9.04. The molecule has 3 atom stereocenters. The zero-order valence-electron chi connectivity index (χ0n) is 20.8. The van der Waals surface area contributed by atoms with E-state index in [2.05, 4.69) is 17.6 Å². The van der Waals surface area contributed by atoms with Gasteiger partial charge in [-0.15, -0.1) is 0 Å². The normalized spacial score (nSPS) is 14.3. The van der Waals surface area contributed by atoms with Gasteiger partial charge in [0, 0.05) is 19.2 Å². The van der Waals surface area contributed by atoms with Crippen molar-refractivity contribution in [1.29, 1.82) is 0 Å². The van der Waals surface area contributed by atoms with Crippen LogP contribution in [0.25, 0.3) is 0 Å². The maximum atomic E-state index is 13.7. The molecule has 0 bridgehead atoms. The molecule has 2 aromatic rings. The second-order valence-corrected chi connectivity index (χ2v) is 11.3. The maximum absolute atomic E-state index is 13.7. The van der Waals surface area contributed by atoms with Crippen LogP contribution in [0, 0.1) is 11.6 Å². The van der Waals surface area contributed by atoms with Crippen molar-refractivity contribution in [1.82, 2.24) is 10.6 Å². The molecule has 1 amide bonds. The summed E-state index contributed by atoms with van der Waals surface area (Å²) in [5, 5.41) is 16.6. The minimum absolute atomic E-state index is 0.0672. The number of nitrogens with one attached hydrogen (secondary N) is 2. The number of carbonyl (C=O) groups is 1. The molecule has 7 nitrogen and oxygen atoms in total. The van der Waals surface area contributed by atoms with E-state index in [-0.39, 0.29) is 24.3 Å². The first-order valence-electron chi connectivity index (χ1n) is 12.2. The first kappa shape index (κ1) is 29.8. The van der Waals surface area contributed by atoms with Crippen molar-refractivity contribution < 1.29 is 27.1 Å². The maximum Gasteiger partial charge on any atom is 0.238 e. The van der Waals surface area contributed by atoms with Crippen molar-refractivity contribution in [2.75, 3.05) is 18.1 Å². The number of aliphatic hydroxyl groups is 1. The average molecular weight is 526 g/mol. The van der Waals surface area contributed by atoms with Crippen LogP contribution in [0.1, 0.15) is 43.4 Å². The van der Waals surface area contributed by atoms with E-state index >= 15 is 0 Å². The van der Waals surface area contributed by atoms with Crippen molar-refractivity contribution >= 4 is 15.7 Å². The summed E-state index contributed by atoms with van der Waals surface area (Å²) in [4.78, 5) is 12.7. The first-order chi connectivity index (χ1) is 17.0. The third-order valence-electron chi connectivity index (χ3n) is 5.83. The fourth-order valence-electron chi connectivity index (χ4n) is 3.82. The summed E-state index contributed by atoms with van der Waals surface area (Å²) in [6, 6.07) is 8.64. The molecule has 0 radical (unpaired) electrons. The Kier molecular flexibility index (Phi) is 11.9. The molecule has 0 aromatic heterocycles. The van der Waals surface area contributed by atoms with Gasteiger partial charge < -0.3 is 21.5 Å². The first-order valence-corrected chi connectivity index (χ1v) is 14.0. The van der Waals surface area contributed by atoms with E-state index in [1.165, 1.54) is 5.56 Å². The van der Waals surface area contributed by atoms with Crippen LogP contribution in [0.15, 0.2) is 42.5 Å². The van der Waals surface area contributed by atoms with Crippen molar-refractivity contribution in [3.05, 3.63) is 70.8 Å². The van der Waals surface area contributed by atoms with E-state index in [0.717, 1.165) is 30.2 Å². The Morgan fingerprint density at radius 3 is 2.36 bits per heavy atom. The fourth-order valence-corrected chi connectivity index (χ4v) is 5.41. The van der Waals surface area contributed by atoms with Crippen LogP contribution in [-0.2, 0) is 34.0 Å². The van der Waals surface area contributed by atoms with E-state index in [0.29, 0.717) is 19.4 Å². The van der Waals surface area contributed by atoms with E-state index in [9.17, 15) is 27.1 Å². The number of amides is 1. The molecule has 0 fully saturated rings. The Hall–Kier alpha value is -2.40. The Bertz CT molecular complexity index is 1080. The summed E-state index contributed by atoms with van der Waals surface area (Å²) in [7, 11) is -3.52. The number of rotatable bonds is 15. The van der Waals surface area contributed by atoms with Crippen LogP contribution in [0.3, 0.4) is 0 Å². The van der Waals surface area contributed by atoms with E-state index < -0.39 is 51.3 Å². The van der Waals surface area contributed by atoms with Gasteiger partial charge in [0.05, 0.1) is 29.7 Å². The molecule has 0 aliphatic heterocycles. The van der Waals surface area contributed by atoms with Crippen molar-refractivity contribution in [3.63, 3.8) is 0 Å². The lowest BCUT2D eigenvalue weighted by molar-refractivity contribution is -0.123. The summed E-state index contributed by atoms with van der Waals surface area (Å²) >= 11 is 0. The molecule has 5 N–H and O–H groups in total. The van der Waals surface area contributed by atoms with Gasteiger partial charge in [0.25, 0.3) is 0 Å². The van der Waals surface area contributed by atoms with E-state index in [1.807, 2.05) is 31.2 Å². The molecule has 200 valence electrons. The molecule has 2 rings (SSSR count). The van der Waals surface area contributed by atoms with Crippen LogP contribution in [0.5, 0.6) is 0 Å². The van der Waals surface area contributed by atoms with Gasteiger partial charge in [-0.3, -0.25) is 4.79 Å². The second kappa shape index (κ2) is 14.4. The lowest BCUT2D eigenvalue weighted by atomic mass is 10.00. The van der Waals surface area contributed by atoms with Gasteiger partial charge in [-0.05, 0) is 48.1 Å². The van der Waals surface area contributed by atoms with Gasteiger partial charge in [0.2, 0.25) is 5.91 Å². The SMILES string of the molecule is CCCCS(=O)(=O)C[C@@H](N)C(=O)N[C@@H](Cc1cc(F)cc(F)c1)[C@H](O)CNCc1cccc(CC)c1. The predicted octanol–water partition coefficient (Wildman–Crippen LogP) is 2.25. The fraction of sp³-hybridized carbons (Fsp3) is 0.500. The van der Waals surface area contributed by atoms with Gasteiger partial charge >= 0.3 is 0 Å². The van der Waals surface area contributed by atoms with Gasteiger partial charge in [0.15, 0.2) is 9.84 Å². The molecule has 0 spiro atoms. The number of benzene rings is 2. The van der Waals surface area contributed by atoms with Gasteiger partial charge in [-0.2, -0.15) is 0 Å². The lowest BCUT2D eigenvalue weighted by Crippen LogP contribution is -2.54. The Morgan fingerprint density at radius 1 is 1.06 bits per heavy atom. The molecule has 0 saturated carbocycles. The van der Waals surface area contributed by atoms with E-state index in [4.69, 9.17) is 5.73 Å². The number of nitrogens with two attached hydrogens (primary N) is 1. The molecular formula is C26H37F2N3O4S. The van der Waals surface area contributed by atoms with Crippen LogP contribution < -0.4 is 16.4 Å². The zero-order chi connectivity index (χ0) is 26.7. The highest BCUT2D eigenvalue weighted by atomic mass is 32.2. The van der Waals surface area contributed by atoms with Crippen LogP contribution >= 0.6 is 0 Å². The molecule has 36 heavy (non-hydrogen) atoms. The third kappa shape index (κ3) is 10.3. The number of hydrogen-bond acceptors (Lipinski definition) is 6. The largest absolute Gasteiger partial charge is 0.390 e. The Morgan fingerprint density at radius 2 is 1.72 bits per heavy atom. The number of halogens is 2. The highest BCUT2D eigenvalue weighted by Gasteiger charge is 2.27. The predicted molar refractivity (Wildman–Crippen MR) is 137 cm³/mol. The highest BCUT2D eigenvalue weighted by Crippen LogP contribution is 2.13. The topological polar surface area (TPSA) is 122 Å². The zero-order valence-corrected chi connectivity index (χ0v) is 21.7. The van der Waals surface area contributed by atoms with Gasteiger partial charge in [-0.25, -0.2) is 17.2 Å². The standard InChI is InChI=1S/C26H37F2N3O4S/c1-3-5-9-36(34,35)17-23(29)26(33)31-24(13-20-11-21(27)14-22(28)12-20)25(32)16-30-15-19-8-6-7-18(4-2)10-19/h6-8,10-12,14,23-25,30,32H,3-5,9,13,15-17,29H2,1-2H3,(H,31,33)/t23-,24+,25-/m1/s1. The summed E-state index contributed by atoms with van der Waals surface area (Å²) in [5.41, 5.74) is 8.29. The number of unbranched alkanes of at least 4 members (excludes halogenated alkanes) is 1. The van der Waals surface area contributed by atoms with Gasteiger partial charge in [-0.1, -0.05) is 44.5 Å². The monoisotopic (exact) mass is 525 g/mol. The van der Waals surface area contributed by atoms with E-state index in [1.54, 1.807) is 0 Å². The smallest absolute Gasteiger partial charge is 0.238 e. The van der Waals surface area contributed by atoms with Crippen LogP contribution in [0.2, 0.25) is 0 Å². The number of carbonyl (C=O) groups excluding carboxylic acids is 1. The molecule has 0 saturated heterocycles. The Labute approximate surface area is 212 Å². The third-order valence-corrected chi connectivity index (χ3v) is 7.61. The highest BCUT2D eigenvalue weighted by molar-refractivity contribution is 7.91. The van der Waals surface area contributed by atoms with Crippen LogP contribution in [-0.4, -0.2) is 55.7 Å². The van der Waals surface area contributed by atoms with Crippen LogP contribution in [0.4, 0.5) is 8.78 Å². The molecule has 0 heterocycles.